The second-order valence-corrected chi connectivity index (χ2v) is 6.44. The molecule has 1 aliphatic rings. The smallest absolute Gasteiger partial charge is 0.334 e. The molecule has 0 unspecified atom stereocenters. The summed E-state index contributed by atoms with van der Waals surface area (Å²) in [6.07, 6.45) is 1.04. The standard InChI is InChI=1S/C16H19N3O4S/c1-24-10-14-17-11-4-2-3-5-12(11)19(14)9-15(20)18-6-7-23-13(8-18)16(21)22/h2-5,13H,6-10H2,1H3,(H,21,22)/t13-/m1/s1. The molecule has 0 spiro atoms. The molecular weight excluding hydrogens is 330 g/mol. The van der Waals surface area contributed by atoms with Crippen molar-refractivity contribution in [2.24, 2.45) is 0 Å². The Morgan fingerprint density at radius 1 is 1.42 bits per heavy atom. The number of aromatic nitrogens is 2. The normalized spacial score (nSPS) is 18.0. The lowest BCUT2D eigenvalue weighted by molar-refractivity contribution is -0.159. The van der Waals surface area contributed by atoms with E-state index in [1.165, 1.54) is 0 Å². The summed E-state index contributed by atoms with van der Waals surface area (Å²) >= 11 is 1.65. The molecule has 1 amide bonds. The summed E-state index contributed by atoms with van der Waals surface area (Å²) in [6.45, 7) is 0.888. The lowest BCUT2D eigenvalue weighted by Gasteiger charge is -2.31. The second-order valence-electron chi connectivity index (χ2n) is 5.57. The second kappa shape index (κ2) is 7.23. The molecule has 1 atom stereocenters. The lowest BCUT2D eigenvalue weighted by atomic mass is 10.2. The first-order valence-corrected chi connectivity index (χ1v) is 9.05. The monoisotopic (exact) mass is 349 g/mol. The third kappa shape index (κ3) is 3.39. The predicted octanol–water partition coefficient (Wildman–Crippen LogP) is 1.21. The van der Waals surface area contributed by atoms with Crippen LogP contribution in [0.1, 0.15) is 5.82 Å². The molecule has 0 radical (unpaired) electrons. The van der Waals surface area contributed by atoms with Crippen LogP contribution in [0.3, 0.4) is 0 Å². The predicted molar refractivity (Wildman–Crippen MR) is 90.9 cm³/mol. The molecule has 7 nitrogen and oxygen atoms in total. The van der Waals surface area contributed by atoms with Gasteiger partial charge in [-0.05, 0) is 18.4 Å². The summed E-state index contributed by atoms with van der Waals surface area (Å²) in [5.74, 6) is 0.404. The number of aliphatic carboxylic acids is 1. The van der Waals surface area contributed by atoms with Crippen molar-refractivity contribution in [2.45, 2.75) is 18.4 Å². The Hall–Kier alpha value is -2.06. The van der Waals surface area contributed by atoms with E-state index in [1.807, 2.05) is 35.1 Å². The number of carbonyl (C=O) groups excluding carboxylic acids is 1. The van der Waals surface area contributed by atoms with Crippen molar-refractivity contribution < 1.29 is 19.4 Å². The first-order valence-electron chi connectivity index (χ1n) is 7.65. The molecule has 0 saturated carbocycles. The Morgan fingerprint density at radius 2 is 2.21 bits per heavy atom. The van der Waals surface area contributed by atoms with E-state index < -0.39 is 12.1 Å². The molecule has 3 rings (SSSR count). The largest absolute Gasteiger partial charge is 0.479 e. The minimum Gasteiger partial charge on any atom is -0.479 e. The van der Waals surface area contributed by atoms with E-state index in [4.69, 9.17) is 9.84 Å². The van der Waals surface area contributed by atoms with Crippen LogP contribution in [0, 0.1) is 0 Å². The summed E-state index contributed by atoms with van der Waals surface area (Å²) in [5, 5.41) is 9.07. The zero-order chi connectivity index (χ0) is 17.1. The van der Waals surface area contributed by atoms with Gasteiger partial charge in [0.25, 0.3) is 0 Å². The average Bonchev–Trinajstić information content (AvgIpc) is 2.93. The van der Waals surface area contributed by atoms with Crippen LogP contribution in [-0.2, 0) is 26.6 Å². The van der Waals surface area contributed by atoms with E-state index in [0.29, 0.717) is 12.3 Å². The van der Waals surface area contributed by atoms with Gasteiger partial charge in [0.15, 0.2) is 6.10 Å². The highest BCUT2D eigenvalue weighted by Crippen LogP contribution is 2.19. The molecule has 0 aliphatic carbocycles. The van der Waals surface area contributed by atoms with E-state index in [9.17, 15) is 9.59 Å². The Bertz CT molecular complexity index is 761. The third-order valence-corrected chi connectivity index (χ3v) is 4.54. The molecule has 1 aromatic carbocycles. The van der Waals surface area contributed by atoms with Crippen LogP contribution in [0.25, 0.3) is 11.0 Å². The summed E-state index contributed by atoms with van der Waals surface area (Å²) in [5.41, 5.74) is 1.78. The Kier molecular flexibility index (Phi) is 5.06. The van der Waals surface area contributed by atoms with Crippen molar-refractivity contribution in [3.63, 3.8) is 0 Å². The Morgan fingerprint density at radius 3 is 2.96 bits per heavy atom. The number of morpholine rings is 1. The average molecular weight is 349 g/mol. The maximum Gasteiger partial charge on any atom is 0.334 e. The Labute approximate surface area is 143 Å². The SMILES string of the molecule is CSCc1nc2ccccc2n1CC(=O)N1CCO[C@@H](C(=O)O)C1. The van der Waals surface area contributed by atoms with Gasteiger partial charge >= 0.3 is 5.97 Å². The highest BCUT2D eigenvalue weighted by atomic mass is 32.2. The molecule has 1 saturated heterocycles. The summed E-state index contributed by atoms with van der Waals surface area (Å²) in [7, 11) is 0. The van der Waals surface area contributed by atoms with E-state index in [0.717, 1.165) is 16.9 Å². The number of imidazole rings is 1. The maximum absolute atomic E-state index is 12.7. The number of nitrogens with zero attached hydrogens (tertiary/aromatic N) is 3. The van der Waals surface area contributed by atoms with Gasteiger partial charge in [-0.1, -0.05) is 12.1 Å². The molecule has 24 heavy (non-hydrogen) atoms. The molecule has 128 valence electrons. The van der Waals surface area contributed by atoms with E-state index in [-0.39, 0.29) is 25.6 Å². The summed E-state index contributed by atoms with van der Waals surface area (Å²) < 4.78 is 7.09. The number of rotatable bonds is 5. The Balaban J connectivity index is 1.82. The van der Waals surface area contributed by atoms with Crippen LogP contribution in [0.2, 0.25) is 0 Å². The molecule has 1 fully saturated rings. The van der Waals surface area contributed by atoms with Crippen molar-refractivity contribution in [3.8, 4) is 0 Å². The van der Waals surface area contributed by atoms with Crippen LogP contribution in [-0.4, -0.2) is 63.5 Å². The quantitative estimate of drug-likeness (QED) is 0.873. The number of amides is 1. The number of carboxylic acid groups (broad SMARTS) is 1. The van der Waals surface area contributed by atoms with Crippen molar-refractivity contribution in [2.75, 3.05) is 26.0 Å². The molecular formula is C16H19N3O4S. The van der Waals surface area contributed by atoms with Gasteiger partial charge < -0.3 is 19.3 Å². The fourth-order valence-electron chi connectivity index (χ4n) is 2.80. The van der Waals surface area contributed by atoms with E-state index in [2.05, 4.69) is 4.98 Å². The number of benzene rings is 1. The van der Waals surface area contributed by atoms with Crippen LogP contribution < -0.4 is 0 Å². The van der Waals surface area contributed by atoms with E-state index >= 15 is 0 Å². The number of hydrogen-bond acceptors (Lipinski definition) is 5. The van der Waals surface area contributed by atoms with Gasteiger partial charge in [-0.25, -0.2) is 9.78 Å². The molecule has 2 aromatic rings. The minimum atomic E-state index is -1.04. The fourth-order valence-corrected chi connectivity index (χ4v) is 3.28. The number of para-hydroxylation sites is 2. The van der Waals surface area contributed by atoms with Gasteiger partial charge in [-0.15, -0.1) is 0 Å². The molecule has 1 aromatic heterocycles. The fraction of sp³-hybridized carbons (Fsp3) is 0.438. The molecule has 1 aliphatic heterocycles. The first kappa shape index (κ1) is 16.8. The van der Waals surface area contributed by atoms with Crippen molar-refractivity contribution >= 4 is 34.7 Å². The number of ether oxygens (including phenoxy) is 1. The van der Waals surface area contributed by atoms with Crippen LogP contribution >= 0.6 is 11.8 Å². The van der Waals surface area contributed by atoms with Gasteiger partial charge in [0.2, 0.25) is 5.91 Å². The van der Waals surface area contributed by atoms with Gasteiger partial charge in [-0.3, -0.25) is 4.79 Å². The van der Waals surface area contributed by atoms with Gasteiger partial charge in [-0.2, -0.15) is 11.8 Å². The number of fused-ring (bicyclic) bond motifs is 1. The van der Waals surface area contributed by atoms with Crippen molar-refractivity contribution in [1.82, 2.24) is 14.5 Å². The molecule has 0 bridgehead atoms. The maximum atomic E-state index is 12.7. The summed E-state index contributed by atoms with van der Waals surface area (Å²) in [4.78, 5) is 29.9. The number of hydrogen-bond donors (Lipinski definition) is 1. The molecule has 2 heterocycles. The number of thioether (sulfide) groups is 1. The van der Waals surface area contributed by atoms with Crippen molar-refractivity contribution in [1.29, 1.82) is 0 Å². The van der Waals surface area contributed by atoms with Crippen LogP contribution in [0.15, 0.2) is 24.3 Å². The molecule has 1 N–H and O–H groups in total. The van der Waals surface area contributed by atoms with Gasteiger partial charge in [0.1, 0.15) is 12.4 Å². The highest BCUT2D eigenvalue weighted by molar-refractivity contribution is 7.97. The van der Waals surface area contributed by atoms with E-state index in [1.54, 1.807) is 16.7 Å². The van der Waals surface area contributed by atoms with Gasteiger partial charge in [0, 0.05) is 6.54 Å². The lowest BCUT2D eigenvalue weighted by Crippen LogP contribution is -2.49. The van der Waals surface area contributed by atoms with Crippen molar-refractivity contribution in [3.05, 3.63) is 30.1 Å². The number of carbonyl (C=O) groups is 2. The molecule has 8 heteroatoms. The zero-order valence-electron chi connectivity index (χ0n) is 13.3. The topological polar surface area (TPSA) is 84.7 Å². The van der Waals surface area contributed by atoms with Crippen LogP contribution in [0.4, 0.5) is 0 Å². The van der Waals surface area contributed by atoms with Gasteiger partial charge in [0.05, 0.1) is 29.9 Å². The summed E-state index contributed by atoms with van der Waals surface area (Å²) in [6, 6.07) is 7.71. The highest BCUT2D eigenvalue weighted by Gasteiger charge is 2.29. The minimum absolute atomic E-state index is 0.0820. The first-order chi connectivity index (χ1) is 11.6. The zero-order valence-corrected chi connectivity index (χ0v) is 14.2. The third-order valence-electron chi connectivity index (χ3n) is 4.00. The van der Waals surface area contributed by atoms with Crippen LogP contribution in [0.5, 0.6) is 0 Å². The number of carboxylic acids is 1.